The van der Waals surface area contributed by atoms with Crippen LogP contribution in [0.25, 0.3) is 0 Å². The van der Waals surface area contributed by atoms with Crippen molar-refractivity contribution in [3.63, 3.8) is 0 Å². The van der Waals surface area contributed by atoms with Gasteiger partial charge in [-0.1, -0.05) is 29.8 Å². The lowest BCUT2D eigenvalue weighted by atomic mass is 9.90. The second-order valence-electron chi connectivity index (χ2n) is 6.36. The fourth-order valence-corrected chi connectivity index (χ4v) is 3.09. The molecule has 0 saturated carbocycles. The van der Waals surface area contributed by atoms with E-state index in [-0.39, 0.29) is 12.5 Å². The van der Waals surface area contributed by atoms with E-state index in [0.717, 1.165) is 32.4 Å². The predicted octanol–water partition coefficient (Wildman–Crippen LogP) is 1.85. The van der Waals surface area contributed by atoms with Crippen molar-refractivity contribution in [1.82, 2.24) is 25.1 Å². The van der Waals surface area contributed by atoms with Gasteiger partial charge in [-0.25, -0.2) is 4.68 Å². The number of benzene rings is 1. The van der Waals surface area contributed by atoms with E-state index in [1.54, 1.807) is 0 Å². The van der Waals surface area contributed by atoms with Gasteiger partial charge in [-0.05, 0) is 54.5 Å². The summed E-state index contributed by atoms with van der Waals surface area (Å²) in [5.74, 6) is 0.822. The molecule has 122 valence electrons. The third-order valence-electron chi connectivity index (χ3n) is 4.62. The molecule has 0 aliphatic carbocycles. The first-order valence-corrected chi connectivity index (χ1v) is 8.25. The van der Waals surface area contributed by atoms with Crippen LogP contribution in [0.15, 0.2) is 30.6 Å². The SMILES string of the molecule is Cc1ccc(CCC2CCN(C(=O)Cn3cnnn3)CC2)cc1. The smallest absolute Gasteiger partial charge is 0.244 e. The molecule has 0 bridgehead atoms. The Labute approximate surface area is 136 Å². The zero-order valence-corrected chi connectivity index (χ0v) is 13.6. The third kappa shape index (κ3) is 4.37. The van der Waals surface area contributed by atoms with Gasteiger partial charge in [0.05, 0.1) is 0 Å². The highest BCUT2D eigenvalue weighted by Crippen LogP contribution is 2.22. The monoisotopic (exact) mass is 313 g/mol. The number of hydrogen-bond donors (Lipinski definition) is 0. The maximum Gasteiger partial charge on any atom is 0.244 e. The van der Waals surface area contributed by atoms with Crippen LogP contribution in [-0.2, 0) is 17.8 Å². The van der Waals surface area contributed by atoms with Crippen molar-refractivity contribution >= 4 is 5.91 Å². The number of hydrogen-bond acceptors (Lipinski definition) is 4. The van der Waals surface area contributed by atoms with Crippen LogP contribution in [0.5, 0.6) is 0 Å². The molecule has 1 aromatic carbocycles. The van der Waals surface area contributed by atoms with Crippen LogP contribution in [0.3, 0.4) is 0 Å². The molecule has 2 heterocycles. The molecule has 1 aliphatic rings. The number of nitrogens with zero attached hydrogens (tertiary/aromatic N) is 5. The lowest BCUT2D eigenvalue weighted by Crippen LogP contribution is -2.40. The van der Waals surface area contributed by atoms with Crippen LogP contribution in [0.4, 0.5) is 0 Å². The van der Waals surface area contributed by atoms with E-state index < -0.39 is 0 Å². The van der Waals surface area contributed by atoms with Crippen molar-refractivity contribution in [3.8, 4) is 0 Å². The molecule has 6 nitrogen and oxygen atoms in total. The van der Waals surface area contributed by atoms with Gasteiger partial charge >= 0.3 is 0 Å². The number of aromatic nitrogens is 4. The number of carbonyl (C=O) groups excluding carboxylic acids is 1. The number of piperidine rings is 1. The summed E-state index contributed by atoms with van der Waals surface area (Å²) in [5.41, 5.74) is 2.72. The Morgan fingerprint density at radius 2 is 1.96 bits per heavy atom. The number of rotatable bonds is 5. The molecule has 1 aromatic heterocycles. The lowest BCUT2D eigenvalue weighted by Gasteiger charge is -2.32. The molecule has 1 aliphatic heterocycles. The first kappa shape index (κ1) is 15.6. The quantitative estimate of drug-likeness (QED) is 0.845. The zero-order chi connectivity index (χ0) is 16.1. The molecule has 1 saturated heterocycles. The van der Waals surface area contributed by atoms with Crippen LogP contribution >= 0.6 is 0 Å². The second kappa shape index (κ2) is 7.35. The van der Waals surface area contributed by atoms with Gasteiger partial charge in [-0.3, -0.25) is 4.79 Å². The molecule has 1 amide bonds. The highest BCUT2D eigenvalue weighted by atomic mass is 16.2. The van der Waals surface area contributed by atoms with E-state index in [2.05, 4.69) is 46.7 Å². The lowest BCUT2D eigenvalue weighted by molar-refractivity contribution is -0.133. The normalized spacial score (nSPS) is 15.8. The summed E-state index contributed by atoms with van der Waals surface area (Å²) in [6.45, 7) is 4.05. The van der Waals surface area contributed by atoms with Gasteiger partial charge in [0.15, 0.2) is 0 Å². The number of carbonyl (C=O) groups is 1. The van der Waals surface area contributed by atoms with Crippen LogP contribution in [0.1, 0.15) is 30.4 Å². The summed E-state index contributed by atoms with van der Waals surface area (Å²) in [4.78, 5) is 14.1. The molecule has 1 fully saturated rings. The van der Waals surface area contributed by atoms with Crippen LogP contribution in [0, 0.1) is 12.8 Å². The van der Waals surface area contributed by atoms with E-state index in [1.807, 2.05) is 4.90 Å². The Morgan fingerprint density at radius 1 is 1.22 bits per heavy atom. The van der Waals surface area contributed by atoms with Gasteiger partial charge in [-0.2, -0.15) is 0 Å². The van der Waals surface area contributed by atoms with Gasteiger partial charge in [-0.15, -0.1) is 5.10 Å². The molecular weight excluding hydrogens is 290 g/mol. The highest BCUT2D eigenvalue weighted by molar-refractivity contribution is 5.75. The van der Waals surface area contributed by atoms with Crippen LogP contribution < -0.4 is 0 Å². The van der Waals surface area contributed by atoms with E-state index in [1.165, 1.54) is 28.6 Å². The standard InChI is InChI=1S/C17H23N5O/c1-14-2-4-15(5-3-14)6-7-16-8-10-21(11-9-16)17(23)12-22-13-18-19-20-22/h2-5,13,16H,6-12H2,1H3. The summed E-state index contributed by atoms with van der Waals surface area (Å²) < 4.78 is 1.48. The Bertz CT molecular complexity index is 615. The average Bonchev–Trinajstić information content (AvgIpc) is 3.08. The van der Waals surface area contributed by atoms with Gasteiger partial charge in [0.25, 0.3) is 0 Å². The van der Waals surface area contributed by atoms with Gasteiger partial charge < -0.3 is 4.90 Å². The molecule has 0 unspecified atom stereocenters. The van der Waals surface area contributed by atoms with E-state index in [0.29, 0.717) is 5.92 Å². The molecule has 23 heavy (non-hydrogen) atoms. The summed E-state index contributed by atoms with van der Waals surface area (Å²) in [6, 6.07) is 8.80. The minimum atomic E-state index is 0.106. The molecule has 0 spiro atoms. The Morgan fingerprint density at radius 3 is 2.61 bits per heavy atom. The van der Waals surface area contributed by atoms with Crippen molar-refractivity contribution in [2.75, 3.05) is 13.1 Å². The Kier molecular flexibility index (Phi) is 5.00. The molecule has 0 atom stereocenters. The average molecular weight is 313 g/mol. The Balaban J connectivity index is 1.41. The number of amides is 1. The molecule has 2 aromatic rings. The highest BCUT2D eigenvalue weighted by Gasteiger charge is 2.22. The van der Waals surface area contributed by atoms with Gasteiger partial charge in [0.2, 0.25) is 5.91 Å². The van der Waals surface area contributed by atoms with Crippen molar-refractivity contribution < 1.29 is 4.79 Å². The van der Waals surface area contributed by atoms with E-state index in [4.69, 9.17) is 0 Å². The van der Waals surface area contributed by atoms with Crippen molar-refractivity contribution in [2.24, 2.45) is 5.92 Å². The maximum atomic E-state index is 12.2. The molecule has 3 rings (SSSR count). The van der Waals surface area contributed by atoms with Gasteiger partial charge in [0.1, 0.15) is 12.9 Å². The predicted molar refractivity (Wildman–Crippen MR) is 86.6 cm³/mol. The Hall–Kier alpha value is -2.24. The van der Waals surface area contributed by atoms with E-state index >= 15 is 0 Å². The molecular formula is C17H23N5O. The molecule has 0 N–H and O–H groups in total. The molecule has 6 heteroatoms. The minimum absolute atomic E-state index is 0.106. The topological polar surface area (TPSA) is 63.9 Å². The van der Waals surface area contributed by atoms with Gasteiger partial charge in [0, 0.05) is 13.1 Å². The van der Waals surface area contributed by atoms with Crippen LogP contribution in [0.2, 0.25) is 0 Å². The fraction of sp³-hybridized carbons (Fsp3) is 0.529. The first-order valence-electron chi connectivity index (χ1n) is 8.25. The summed E-state index contributed by atoms with van der Waals surface area (Å²) >= 11 is 0. The maximum absolute atomic E-state index is 12.2. The third-order valence-corrected chi connectivity index (χ3v) is 4.62. The summed E-state index contributed by atoms with van der Waals surface area (Å²) in [6.07, 6.45) is 5.99. The zero-order valence-electron chi connectivity index (χ0n) is 13.6. The van der Waals surface area contributed by atoms with Crippen molar-refractivity contribution in [1.29, 1.82) is 0 Å². The number of likely N-dealkylation sites (tertiary alicyclic amines) is 1. The summed E-state index contributed by atoms with van der Waals surface area (Å²) in [7, 11) is 0. The number of aryl methyl sites for hydroxylation is 2. The second-order valence-corrected chi connectivity index (χ2v) is 6.36. The van der Waals surface area contributed by atoms with Crippen molar-refractivity contribution in [2.45, 2.75) is 39.2 Å². The van der Waals surface area contributed by atoms with Crippen molar-refractivity contribution in [3.05, 3.63) is 41.7 Å². The number of tetrazole rings is 1. The van der Waals surface area contributed by atoms with E-state index in [9.17, 15) is 4.79 Å². The fourth-order valence-electron chi connectivity index (χ4n) is 3.09. The van der Waals surface area contributed by atoms with Crippen LogP contribution in [-0.4, -0.2) is 44.1 Å². The molecule has 0 radical (unpaired) electrons. The largest absolute Gasteiger partial charge is 0.341 e. The summed E-state index contributed by atoms with van der Waals surface area (Å²) in [5, 5.41) is 10.8. The first-order chi connectivity index (χ1) is 11.2. The minimum Gasteiger partial charge on any atom is -0.341 e.